The summed E-state index contributed by atoms with van der Waals surface area (Å²) >= 11 is 0. The Kier molecular flexibility index (Phi) is 3.95. The average Bonchev–Trinajstić information content (AvgIpc) is 2.45. The second-order valence-electron chi connectivity index (χ2n) is 4.51. The maximum absolute atomic E-state index is 13.5. The Labute approximate surface area is 113 Å². The van der Waals surface area contributed by atoms with Crippen molar-refractivity contribution in [3.63, 3.8) is 0 Å². The second-order valence-corrected chi connectivity index (χ2v) is 4.51. The molecule has 0 radical (unpaired) electrons. The third-order valence-corrected chi connectivity index (χ3v) is 3.25. The topological polar surface area (TPSA) is 62.1 Å². The molecule has 2 rings (SSSR count). The van der Waals surface area contributed by atoms with E-state index in [1.807, 2.05) is 6.07 Å². The Balaban J connectivity index is 2.23. The van der Waals surface area contributed by atoms with Gasteiger partial charge in [-0.25, -0.2) is 13.2 Å². The van der Waals surface area contributed by atoms with Crippen molar-refractivity contribution in [2.75, 3.05) is 18.5 Å². The van der Waals surface area contributed by atoms with Crippen LogP contribution in [-0.2, 0) is 9.53 Å². The van der Waals surface area contributed by atoms with Crippen LogP contribution < -0.4 is 5.32 Å². The fourth-order valence-electron chi connectivity index (χ4n) is 1.97. The highest BCUT2D eigenvalue weighted by atomic mass is 19.2. The van der Waals surface area contributed by atoms with Crippen LogP contribution in [0.5, 0.6) is 0 Å². The number of rotatable bonds is 2. The summed E-state index contributed by atoms with van der Waals surface area (Å²) in [5, 5.41) is 11.3. The van der Waals surface area contributed by atoms with Crippen molar-refractivity contribution in [3.8, 4) is 6.07 Å². The number of carbonyl (C=O) groups is 1. The van der Waals surface area contributed by atoms with Crippen LogP contribution in [-0.4, -0.2) is 19.1 Å². The molecule has 7 heteroatoms. The summed E-state index contributed by atoms with van der Waals surface area (Å²) in [6, 6.07) is 2.79. The van der Waals surface area contributed by atoms with Gasteiger partial charge in [0.25, 0.3) is 0 Å². The van der Waals surface area contributed by atoms with Crippen LogP contribution in [0.2, 0.25) is 0 Å². The number of ether oxygens (including phenoxy) is 1. The van der Waals surface area contributed by atoms with Crippen LogP contribution >= 0.6 is 0 Å². The van der Waals surface area contributed by atoms with Gasteiger partial charge in [-0.1, -0.05) is 0 Å². The van der Waals surface area contributed by atoms with Crippen molar-refractivity contribution in [2.24, 2.45) is 5.41 Å². The quantitative estimate of drug-likeness (QED) is 0.848. The fraction of sp³-hybridized carbons (Fsp3) is 0.385. The normalized spacial score (nSPS) is 17.3. The molecule has 1 amide bonds. The Morgan fingerprint density at radius 1 is 1.20 bits per heavy atom. The lowest BCUT2D eigenvalue weighted by Crippen LogP contribution is -2.40. The molecule has 0 saturated carbocycles. The molecule has 0 unspecified atom stereocenters. The summed E-state index contributed by atoms with van der Waals surface area (Å²) in [5.41, 5.74) is -1.83. The molecule has 1 heterocycles. The summed E-state index contributed by atoms with van der Waals surface area (Å²) in [5.74, 6) is -4.47. The van der Waals surface area contributed by atoms with E-state index < -0.39 is 34.5 Å². The van der Waals surface area contributed by atoms with Crippen LogP contribution in [0.3, 0.4) is 0 Å². The standard InChI is InChI=1S/C13H11F3N2O2/c14-8-5-10(16)11(6-9(8)15)18-12(19)13(7-17)1-3-20-4-2-13/h5-6H,1-4H2,(H,18,19). The maximum atomic E-state index is 13.5. The second kappa shape index (κ2) is 5.51. The van der Waals surface area contributed by atoms with Gasteiger partial charge in [-0.15, -0.1) is 0 Å². The smallest absolute Gasteiger partial charge is 0.245 e. The lowest BCUT2D eigenvalue weighted by molar-refractivity contribution is -0.126. The van der Waals surface area contributed by atoms with Crippen LogP contribution in [0.1, 0.15) is 12.8 Å². The molecule has 1 saturated heterocycles. The first-order valence-corrected chi connectivity index (χ1v) is 5.93. The van der Waals surface area contributed by atoms with E-state index in [1.165, 1.54) is 0 Å². The summed E-state index contributed by atoms with van der Waals surface area (Å²) < 4.78 is 44.4. The molecule has 1 N–H and O–H groups in total. The zero-order chi connectivity index (χ0) is 14.8. The summed E-state index contributed by atoms with van der Waals surface area (Å²) in [6.07, 6.45) is 0.335. The highest BCUT2D eigenvalue weighted by Gasteiger charge is 2.40. The highest BCUT2D eigenvalue weighted by molar-refractivity contribution is 5.97. The average molecular weight is 284 g/mol. The van der Waals surface area contributed by atoms with E-state index in [4.69, 9.17) is 10.00 Å². The Hall–Kier alpha value is -2.07. The van der Waals surface area contributed by atoms with Gasteiger partial charge in [-0.2, -0.15) is 5.26 Å². The first kappa shape index (κ1) is 14.3. The SMILES string of the molecule is N#CC1(C(=O)Nc2cc(F)c(F)cc2F)CCOCC1. The molecular weight excluding hydrogens is 273 g/mol. The van der Waals surface area contributed by atoms with E-state index in [-0.39, 0.29) is 26.1 Å². The molecule has 0 aliphatic carbocycles. The van der Waals surface area contributed by atoms with E-state index in [2.05, 4.69) is 5.32 Å². The van der Waals surface area contributed by atoms with Crippen LogP contribution in [0.4, 0.5) is 18.9 Å². The minimum absolute atomic E-state index is 0.167. The third-order valence-electron chi connectivity index (χ3n) is 3.25. The fourth-order valence-corrected chi connectivity index (χ4v) is 1.97. The molecule has 1 aliphatic rings. The van der Waals surface area contributed by atoms with Crippen molar-refractivity contribution in [1.29, 1.82) is 5.26 Å². The molecule has 20 heavy (non-hydrogen) atoms. The van der Waals surface area contributed by atoms with Crippen LogP contribution in [0.15, 0.2) is 12.1 Å². The molecule has 106 valence electrons. The Bertz CT molecular complexity index is 578. The lowest BCUT2D eigenvalue weighted by Gasteiger charge is -2.29. The van der Waals surface area contributed by atoms with Gasteiger partial charge in [0.1, 0.15) is 11.2 Å². The van der Waals surface area contributed by atoms with Gasteiger partial charge in [0.15, 0.2) is 11.6 Å². The van der Waals surface area contributed by atoms with Gasteiger partial charge < -0.3 is 10.1 Å². The number of hydrogen-bond donors (Lipinski definition) is 1. The summed E-state index contributed by atoms with van der Waals surface area (Å²) in [4.78, 5) is 12.1. The third kappa shape index (κ3) is 2.60. The van der Waals surface area contributed by atoms with E-state index in [0.717, 1.165) is 0 Å². The number of nitrogens with one attached hydrogen (secondary N) is 1. The summed E-state index contributed by atoms with van der Waals surface area (Å²) in [6.45, 7) is 0.475. The molecule has 1 aromatic carbocycles. The van der Waals surface area contributed by atoms with Crippen molar-refractivity contribution in [3.05, 3.63) is 29.6 Å². The molecule has 0 bridgehead atoms. The lowest BCUT2D eigenvalue weighted by atomic mass is 9.81. The maximum Gasteiger partial charge on any atom is 0.245 e. The number of nitriles is 1. The Morgan fingerprint density at radius 2 is 1.80 bits per heavy atom. The predicted molar refractivity (Wildman–Crippen MR) is 63.0 cm³/mol. The molecule has 1 aromatic rings. The van der Waals surface area contributed by atoms with Crippen LogP contribution in [0, 0.1) is 34.2 Å². The molecule has 1 fully saturated rings. The highest BCUT2D eigenvalue weighted by Crippen LogP contribution is 2.31. The van der Waals surface area contributed by atoms with Gasteiger partial charge in [0, 0.05) is 25.3 Å². The summed E-state index contributed by atoms with van der Waals surface area (Å²) in [7, 11) is 0. The number of amides is 1. The monoisotopic (exact) mass is 284 g/mol. The van der Waals surface area contributed by atoms with Gasteiger partial charge in [-0.05, 0) is 12.8 Å². The molecule has 0 spiro atoms. The van der Waals surface area contributed by atoms with Crippen molar-refractivity contribution in [2.45, 2.75) is 12.8 Å². The minimum Gasteiger partial charge on any atom is -0.381 e. The van der Waals surface area contributed by atoms with Crippen molar-refractivity contribution < 1.29 is 22.7 Å². The number of nitrogens with zero attached hydrogens (tertiary/aromatic N) is 1. The van der Waals surface area contributed by atoms with Gasteiger partial charge in [-0.3, -0.25) is 4.79 Å². The number of hydrogen-bond acceptors (Lipinski definition) is 3. The van der Waals surface area contributed by atoms with E-state index in [0.29, 0.717) is 12.1 Å². The number of halogens is 3. The van der Waals surface area contributed by atoms with E-state index in [9.17, 15) is 18.0 Å². The zero-order valence-electron chi connectivity index (χ0n) is 10.4. The van der Waals surface area contributed by atoms with Gasteiger partial charge >= 0.3 is 0 Å². The van der Waals surface area contributed by atoms with Crippen LogP contribution in [0.25, 0.3) is 0 Å². The van der Waals surface area contributed by atoms with E-state index >= 15 is 0 Å². The van der Waals surface area contributed by atoms with E-state index in [1.54, 1.807) is 0 Å². The molecular formula is C13H11F3N2O2. The Morgan fingerprint density at radius 3 is 2.40 bits per heavy atom. The van der Waals surface area contributed by atoms with Crippen molar-refractivity contribution in [1.82, 2.24) is 0 Å². The van der Waals surface area contributed by atoms with Gasteiger partial charge in [0.2, 0.25) is 5.91 Å². The number of benzene rings is 1. The van der Waals surface area contributed by atoms with Gasteiger partial charge in [0.05, 0.1) is 11.8 Å². The largest absolute Gasteiger partial charge is 0.381 e. The molecule has 0 aromatic heterocycles. The predicted octanol–water partition coefficient (Wildman–Crippen LogP) is 2.36. The first-order valence-electron chi connectivity index (χ1n) is 5.93. The number of carbonyl (C=O) groups excluding carboxylic acids is 1. The molecule has 1 aliphatic heterocycles. The molecule has 0 atom stereocenters. The number of anilines is 1. The molecule has 4 nitrogen and oxygen atoms in total. The first-order chi connectivity index (χ1) is 9.48. The van der Waals surface area contributed by atoms with Crippen molar-refractivity contribution >= 4 is 11.6 Å². The minimum atomic E-state index is -1.35. The zero-order valence-corrected chi connectivity index (χ0v) is 10.4.